The fraction of sp³-hybridized carbons (Fsp3) is 0.261. The van der Waals surface area contributed by atoms with Gasteiger partial charge in [0, 0.05) is 37.1 Å². The fourth-order valence-electron chi connectivity index (χ4n) is 3.81. The number of nitrogens with zero attached hydrogens (tertiary/aromatic N) is 4. The molecule has 1 saturated heterocycles. The van der Waals surface area contributed by atoms with Gasteiger partial charge in [-0.1, -0.05) is 35.5 Å². The van der Waals surface area contributed by atoms with E-state index in [1.807, 2.05) is 29.2 Å². The SMILES string of the molecule is O=C(c1cc2ccccc2o1)N1CCN(Cc2nc(-c3cccc(C(F)(F)F)c3)no2)CC1. The first-order valence-corrected chi connectivity index (χ1v) is 10.4. The van der Waals surface area contributed by atoms with E-state index < -0.39 is 11.7 Å². The Kier molecular flexibility index (Phi) is 5.37. The molecule has 1 fully saturated rings. The second-order valence-corrected chi connectivity index (χ2v) is 7.81. The van der Waals surface area contributed by atoms with Crippen LogP contribution in [0.2, 0.25) is 0 Å². The molecule has 1 amide bonds. The second kappa shape index (κ2) is 8.36. The van der Waals surface area contributed by atoms with E-state index in [2.05, 4.69) is 10.1 Å². The van der Waals surface area contributed by atoms with Crippen molar-refractivity contribution in [1.82, 2.24) is 19.9 Å². The monoisotopic (exact) mass is 456 g/mol. The topological polar surface area (TPSA) is 75.6 Å². The quantitative estimate of drug-likeness (QED) is 0.451. The highest BCUT2D eigenvalue weighted by Gasteiger charge is 2.31. The second-order valence-electron chi connectivity index (χ2n) is 7.81. The maximum Gasteiger partial charge on any atom is 0.416 e. The van der Waals surface area contributed by atoms with Crippen LogP contribution in [0.3, 0.4) is 0 Å². The summed E-state index contributed by atoms with van der Waals surface area (Å²) in [5.41, 5.74) is 0.144. The van der Waals surface area contributed by atoms with Gasteiger partial charge >= 0.3 is 6.18 Å². The lowest BCUT2D eigenvalue weighted by Gasteiger charge is -2.33. The van der Waals surface area contributed by atoms with Gasteiger partial charge < -0.3 is 13.8 Å². The van der Waals surface area contributed by atoms with Gasteiger partial charge in [-0.3, -0.25) is 9.69 Å². The van der Waals surface area contributed by atoms with Crippen LogP contribution >= 0.6 is 0 Å². The molecule has 4 aromatic rings. The molecule has 3 heterocycles. The van der Waals surface area contributed by atoms with Crippen LogP contribution in [-0.4, -0.2) is 52.0 Å². The van der Waals surface area contributed by atoms with Crippen LogP contribution in [0.15, 0.2) is 63.5 Å². The van der Waals surface area contributed by atoms with Gasteiger partial charge in [-0.15, -0.1) is 0 Å². The molecule has 0 bridgehead atoms. The number of alkyl halides is 3. The molecule has 7 nitrogen and oxygen atoms in total. The summed E-state index contributed by atoms with van der Waals surface area (Å²) < 4.78 is 49.7. The predicted molar refractivity (Wildman–Crippen MR) is 112 cm³/mol. The minimum Gasteiger partial charge on any atom is -0.451 e. The summed E-state index contributed by atoms with van der Waals surface area (Å²) in [5.74, 6) is 0.567. The molecule has 1 aliphatic heterocycles. The number of hydrogen-bond donors (Lipinski definition) is 0. The van der Waals surface area contributed by atoms with Crippen molar-refractivity contribution < 1.29 is 26.9 Å². The van der Waals surface area contributed by atoms with E-state index in [1.54, 1.807) is 11.0 Å². The Bertz CT molecular complexity index is 1260. The number of carbonyl (C=O) groups is 1. The number of hydrogen-bond acceptors (Lipinski definition) is 6. The molecule has 0 unspecified atom stereocenters. The number of aromatic nitrogens is 2. The molecule has 5 rings (SSSR count). The molecule has 1 aliphatic rings. The van der Waals surface area contributed by atoms with Crippen LogP contribution in [0, 0.1) is 0 Å². The van der Waals surface area contributed by atoms with Gasteiger partial charge in [-0.05, 0) is 24.3 Å². The normalized spacial score (nSPS) is 15.3. The molecule has 33 heavy (non-hydrogen) atoms. The maximum absolute atomic E-state index is 12.9. The molecule has 2 aromatic carbocycles. The number of halogens is 3. The lowest BCUT2D eigenvalue weighted by molar-refractivity contribution is -0.137. The molecule has 0 atom stereocenters. The Hall–Kier alpha value is -3.66. The summed E-state index contributed by atoms with van der Waals surface area (Å²) in [7, 11) is 0. The highest BCUT2D eigenvalue weighted by Crippen LogP contribution is 2.31. The van der Waals surface area contributed by atoms with E-state index in [9.17, 15) is 18.0 Å². The molecule has 0 radical (unpaired) electrons. The zero-order chi connectivity index (χ0) is 23.0. The Morgan fingerprint density at radius 1 is 1.00 bits per heavy atom. The number of para-hydroxylation sites is 1. The maximum atomic E-state index is 12.9. The third-order valence-corrected chi connectivity index (χ3v) is 5.57. The number of benzene rings is 2. The van der Waals surface area contributed by atoms with Gasteiger partial charge in [-0.2, -0.15) is 18.2 Å². The summed E-state index contributed by atoms with van der Waals surface area (Å²) in [4.78, 5) is 20.8. The predicted octanol–water partition coefficient (Wildman–Crippen LogP) is 4.46. The van der Waals surface area contributed by atoms with Crippen molar-refractivity contribution in [1.29, 1.82) is 0 Å². The Labute approximate surface area is 186 Å². The van der Waals surface area contributed by atoms with Crippen LogP contribution in [-0.2, 0) is 12.7 Å². The van der Waals surface area contributed by atoms with Crippen molar-refractivity contribution >= 4 is 16.9 Å². The minimum atomic E-state index is -4.44. The van der Waals surface area contributed by atoms with Crippen molar-refractivity contribution in [2.45, 2.75) is 12.7 Å². The lowest BCUT2D eigenvalue weighted by atomic mass is 10.1. The van der Waals surface area contributed by atoms with Gasteiger partial charge in [-0.25, -0.2) is 0 Å². The number of carbonyl (C=O) groups excluding carboxylic acids is 1. The Morgan fingerprint density at radius 3 is 2.55 bits per heavy atom. The third-order valence-electron chi connectivity index (χ3n) is 5.57. The number of fused-ring (bicyclic) bond motifs is 1. The van der Waals surface area contributed by atoms with Crippen LogP contribution < -0.4 is 0 Å². The molecule has 170 valence electrons. The molecule has 2 aromatic heterocycles. The van der Waals surface area contributed by atoms with Gasteiger partial charge in [0.05, 0.1) is 12.1 Å². The minimum absolute atomic E-state index is 0.106. The van der Waals surface area contributed by atoms with Crippen molar-refractivity contribution in [2.24, 2.45) is 0 Å². The Balaban J connectivity index is 1.20. The van der Waals surface area contributed by atoms with E-state index in [1.165, 1.54) is 12.1 Å². The average molecular weight is 456 g/mol. The first-order chi connectivity index (χ1) is 15.9. The summed E-state index contributed by atoms with van der Waals surface area (Å²) in [6, 6.07) is 14.0. The van der Waals surface area contributed by atoms with Gasteiger partial charge in [0.2, 0.25) is 11.7 Å². The number of rotatable bonds is 4. The number of furan rings is 1. The zero-order valence-electron chi connectivity index (χ0n) is 17.4. The van der Waals surface area contributed by atoms with Crippen LogP contribution in [0.1, 0.15) is 22.0 Å². The largest absolute Gasteiger partial charge is 0.451 e. The summed E-state index contributed by atoms with van der Waals surface area (Å²) in [6.45, 7) is 2.54. The third kappa shape index (κ3) is 4.47. The van der Waals surface area contributed by atoms with Crippen molar-refractivity contribution in [3.05, 3.63) is 71.8 Å². The molecule has 0 saturated carbocycles. The van der Waals surface area contributed by atoms with E-state index >= 15 is 0 Å². The Morgan fingerprint density at radius 2 is 1.79 bits per heavy atom. The summed E-state index contributed by atoms with van der Waals surface area (Å²) >= 11 is 0. The van der Waals surface area contributed by atoms with Gasteiger partial charge in [0.25, 0.3) is 5.91 Å². The first-order valence-electron chi connectivity index (χ1n) is 10.4. The molecular formula is C23H19F3N4O3. The van der Waals surface area contributed by atoms with E-state index in [0.717, 1.165) is 17.5 Å². The van der Waals surface area contributed by atoms with Crippen molar-refractivity contribution in [2.75, 3.05) is 26.2 Å². The van der Waals surface area contributed by atoms with Crippen molar-refractivity contribution in [3.63, 3.8) is 0 Å². The molecular weight excluding hydrogens is 437 g/mol. The number of amides is 1. The molecule has 10 heteroatoms. The first kappa shape index (κ1) is 21.2. The molecule has 0 spiro atoms. The van der Waals surface area contributed by atoms with Crippen LogP contribution in [0.5, 0.6) is 0 Å². The van der Waals surface area contributed by atoms with Crippen LogP contribution in [0.25, 0.3) is 22.4 Å². The summed E-state index contributed by atoms with van der Waals surface area (Å²) in [5, 5.41) is 4.70. The number of piperazine rings is 1. The standard InChI is InChI=1S/C23H19F3N4O3/c24-23(25,26)17-6-3-5-16(12-17)21-27-20(33-28-21)14-29-8-10-30(11-9-29)22(31)19-13-15-4-1-2-7-18(15)32-19/h1-7,12-13H,8-11,14H2. The van der Waals surface area contributed by atoms with Crippen molar-refractivity contribution in [3.8, 4) is 11.4 Å². The van der Waals surface area contributed by atoms with Gasteiger partial charge in [0.1, 0.15) is 5.58 Å². The highest BCUT2D eigenvalue weighted by atomic mass is 19.4. The highest BCUT2D eigenvalue weighted by molar-refractivity contribution is 5.96. The van der Waals surface area contributed by atoms with Crippen LogP contribution in [0.4, 0.5) is 13.2 Å². The molecule has 0 aliphatic carbocycles. The van der Waals surface area contributed by atoms with Gasteiger partial charge in [0.15, 0.2) is 5.76 Å². The zero-order valence-corrected chi connectivity index (χ0v) is 17.4. The fourth-order valence-corrected chi connectivity index (χ4v) is 3.81. The summed E-state index contributed by atoms with van der Waals surface area (Å²) in [6.07, 6.45) is -4.44. The van der Waals surface area contributed by atoms with E-state index in [0.29, 0.717) is 50.0 Å². The van der Waals surface area contributed by atoms with E-state index in [-0.39, 0.29) is 17.3 Å². The molecule has 0 N–H and O–H groups in total. The average Bonchev–Trinajstić information content (AvgIpc) is 3.46. The smallest absolute Gasteiger partial charge is 0.416 e. The lowest BCUT2D eigenvalue weighted by Crippen LogP contribution is -2.48. The van der Waals surface area contributed by atoms with E-state index in [4.69, 9.17) is 8.94 Å².